The Kier molecular flexibility index (Phi) is 2.25. The maximum Gasteiger partial charge on any atom is 0.235 e. The number of nitrogens with two attached hydrogens (primary N) is 1. The number of H-pyrrole nitrogens is 2. The Hall–Kier alpha value is -0.880. The fraction of sp³-hybridized carbons (Fsp3) is 0.600. The molecule has 0 aliphatic heterocycles. The van der Waals surface area contributed by atoms with E-state index in [1.807, 2.05) is 13.8 Å². The van der Waals surface area contributed by atoms with Crippen molar-refractivity contribution < 1.29 is 0 Å². The highest BCUT2D eigenvalue weighted by Crippen LogP contribution is 2.03. The Morgan fingerprint density at radius 1 is 1.55 bits per heavy atom. The molecular formula is C5H11N5S. The smallest absolute Gasteiger partial charge is 0.235 e. The Labute approximate surface area is 69.6 Å². The Morgan fingerprint density at radius 3 is 2.55 bits per heavy atom. The van der Waals surface area contributed by atoms with Gasteiger partial charge in [-0.3, -0.25) is 15.2 Å². The van der Waals surface area contributed by atoms with Crippen molar-refractivity contribution in [2.24, 2.45) is 5.84 Å². The summed E-state index contributed by atoms with van der Waals surface area (Å²) in [5.41, 5.74) is 0. The summed E-state index contributed by atoms with van der Waals surface area (Å²) >= 11 is 4.76. The van der Waals surface area contributed by atoms with Gasteiger partial charge in [-0.25, -0.2) is 5.84 Å². The molecule has 0 aliphatic carbocycles. The molecule has 0 fully saturated rings. The molecule has 0 bridgehead atoms. The zero-order valence-electron chi connectivity index (χ0n) is 6.46. The number of anilines is 1. The van der Waals surface area contributed by atoms with Gasteiger partial charge in [-0.2, -0.15) is 4.98 Å². The summed E-state index contributed by atoms with van der Waals surface area (Å²) in [6, 6.07) is 0.198. The first-order valence-electron chi connectivity index (χ1n) is 3.30. The lowest BCUT2D eigenvalue weighted by Gasteiger charge is -2.18. The molecule has 0 unspecified atom stereocenters. The van der Waals surface area contributed by atoms with Gasteiger partial charge in [0.05, 0.1) is 0 Å². The van der Waals surface area contributed by atoms with Crippen LogP contribution in [0.1, 0.15) is 13.8 Å². The number of hydrogen-bond donors (Lipinski definition) is 3. The van der Waals surface area contributed by atoms with Gasteiger partial charge >= 0.3 is 0 Å². The second-order valence-corrected chi connectivity index (χ2v) is 2.88. The van der Waals surface area contributed by atoms with E-state index in [1.165, 1.54) is 5.01 Å². The Morgan fingerprint density at radius 2 is 2.18 bits per heavy atom. The molecule has 1 heterocycles. The second kappa shape index (κ2) is 3.02. The molecule has 0 atom stereocenters. The Bertz CT molecular complexity index is 274. The zero-order valence-corrected chi connectivity index (χ0v) is 7.27. The van der Waals surface area contributed by atoms with E-state index < -0.39 is 0 Å². The van der Waals surface area contributed by atoms with Crippen LogP contribution in [-0.4, -0.2) is 21.2 Å². The van der Waals surface area contributed by atoms with Crippen LogP contribution in [0.3, 0.4) is 0 Å². The number of nitrogens with one attached hydrogen (secondary N) is 2. The highest BCUT2D eigenvalue weighted by Gasteiger charge is 2.07. The van der Waals surface area contributed by atoms with Crippen LogP contribution in [-0.2, 0) is 0 Å². The second-order valence-electron chi connectivity index (χ2n) is 2.49. The van der Waals surface area contributed by atoms with Gasteiger partial charge in [-0.1, -0.05) is 0 Å². The van der Waals surface area contributed by atoms with Crippen molar-refractivity contribution in [3.05, 3.63) is 4.77 Å². The topological polar surface area (TPSA) is 73.7 Å². The highest BCUT2D eigenvalue weighted by molar-refractivity contribution is 7.71. The molecule has 1 aromatic rings. The van der Waals surface area contributed by atoms with E-state index in [0.717, 1.165) is 0 Å². The third-order valence-electron chi connectivity index (χ3n) is 1.29. The van der Waals surface area contributed by atoms with Crippen LogP contribution in [0.15, 0.2) is 0 Å². The van der Waals surface area contributed by atoms with Gasteiger partial charge in [0, 0.05) is 6.04 Å². The molecule has 62 valence electrons. The van der Waals surface area contributed by atoms with Crippen molar-refractivity contribution >= 4 is 18.2 Å². The van der Waals surface area contributed by atoms with E-state index in [9.17, 15) is 0 Å². The summed E-state index contributed by atoms with van der Waals surface area (Å²) in [7, 11) is 0. The average molecular weight is 173 g/mol. The number of nitrogens with zero attached hydrogens (tertiary/aromatic N) is 2. The number of hydrazine groups is 1. The number of aromatic nitrogens is 3. The standard InChI is InChI=1S/C5H11N5S/c1-3(2)10(6)4-7-5(11)9-8-4/h3H,6H2,1-2H3,(H2,7,8,9,11). The predicted molar refractivity (Wildman–Crippen MR) is 45.6 cm³/mol. The van der Waals surface area contributed by atoms with E-state index in [-0.39, 0.29) is 6.04 Å². The van der Waals surface area contributed by atoms with Crippen molar-refractivity contribution in [3.8, 4) is 0 Å². The maximum atomic E-state index is 5.62. The van der Waals surface area contributed by atoms with E-state index in [4.69, 9.17) is 18.1 Å². The molecule has 1 rings (SSSR count). The van der Waals surface area contributed by atoms with Gasteiger partial charge in [0.2, 0.25) is 10.7 Å². The summed E-state index contributed by atoms with van der Waals surface area (Å²) in [5.74, 6) is 6.18. The number of hydrogen-bond acceptors (Lipinski definition) is 4. The third-order valence-corrected chi connectivity index (χ3v) is 1.48. The van der Waals surface area contributed by atoms with Gasteiger partial charge in [0.15, 0.2) is 0 Å². The zero-order chi connectivity index (χ0) is 8.43. The molecule has 1 aromatic heterocycles. The minimum Gasteiger partial charge on any atom is -0.277 e. The highest BCUT2D eigenvalue weighted by atomic mass is 32.1. The summed E-state index contributed by atoms with van der Waals surface area (Å²) in [4.78, 5) is 3.94. The largest absolute Gasteiger partial charge is 0.277 e. The molecule has 11 heavy (non-hydrogen) atoms. The van der Waals surface area contributed by atoms with Crippen molar-refractivity contribution in [1.29, 1.82) is 0 Å². The normalized spacial score (nSPS) is 10.5. The molecule has 0 spiro atoms. The molecule has 6 heteroatoms. The van der Waals surface area contributed by atoms with Crippen molar-refractivity contribution in [2.45, 2.75) is 19.9 Å². The molecule has 0 radical (unpaired) electrons. The lowest BCUT2D eigenvalue weighted by atomic mass is 10.4. The van der Waals surface area contributed by atoms with Gasteiger partial charge in [0.1, 0.15) is 0 Å². The Balaban J connectivity index is 2.84. The van der Waals surface area contributed by atoms with Crippen LogP contribution in [0.25, 0.3) is 0 Å². The SMILES string of the molecule is CC(C)N(N)c1nc(=S)[nH][nH]1. The summed E-state index contributed by atoms with van der Waals surface area (Å²) in [6.45, 7) is 3.93. The summed E-state index contributed by atoms with van der Waals surface area (Å²) in [5, 5.41) is 6.91. The lowest BCUT2D eigenvalue weighted by molar-refractivity contribution is 0.689. The molecule has 0 aliphatic rings. The van der Waals surface area contributed by atoms with Gasteiger partial charge in [-0.15, -0.1) is 0 Å². The molecule has 0 saturated heterocycles. The molecule has 0 saturated carbocycles. The fourth-order valence-electron chi connectivity index (χ4n) is 0.628. The van der Waals surface area contributed by atoms with Crippen LogP contribution in [0, 0.1) is 4.77 Å². The van der Waals surface area contributed by atoms with Crippen LogP contribution >= 0.6 is 12.2 Å². The third kappa shape index (κ3) is 1.78. The number of rotatable bonds is 2. The van der Waals surface area contributed by atoms with Crippen LogP contribution in [0.2, 0.25) is 0 Å². The van der Waals surface area contributed by atoms with E-state index in [1.54, 1.807) is 0 Å². The maximum absolute atomic E-state index is 5.62. The van der Waals surface area contributed by atoms with Crippen molar-refractivity contribution in [3.63, 3.8) is 0 Å². The summed E-state index contributed by atoms with van der Waals surface area (Å²) in [6.07, 6.45) is 0. The average Bonchev–Trinajstić information content (AvgIpc) is 2.34. The number of aromatic amines is 2. The summed E-state index contributed by atoms with van der Waals surface area (Å²) < 4.78 is 0.413. The molecule has 4 N–H and O–H groups in total. The molecule has 5 nitrogen and oxygen atoms in total. The molecule has 0 aromatic carbocycles. The first-order valence-corrected chi connectivity index (χ1v) is 3.70. The quantitative estimate of drug-likeness (QED) is 0.347. The van der Waals surface area contributed by atoms with E-state index >= 15 is 0 Å². The minimum atomic E-state index is 0.198. The van der Waals surface area contributed by atoms with Gasteiger partial charge < -0.3 is 0 Å². The first kappa shape index (κ1) is 8.22. The molecule has 0 amide bonds. The minimum absolute atomic E-state index is 0.198. The molecular weight excluding hydrogens is 162 g/mol. The van der Waals surface area contributed by atoms with Crippen LogP contribution in [0.5, 0.6) is 0 Å². The monoisotopic (exact) mass is 173 g/mol. The van der Waals surface area contributed by atoms with E-state index in [0.29, 0.717) is 10.7 Å². The van der Waals surface area contributed by atoms with E-state index in [2.05, 4.69) is 15.2 Å². The van der Waals surface area contributed by atoms with Gasteiger partial charge in [0.25, 0.3) is 0 Å². The van der Waals surface area contributed by atoms with Crippen molar-refractivity contribution in [1.82, 2.24) is 15.2 Å². The van der Waals surface area contributed by atoms with Gasteiger partial charge in [-0.05, 0) is 26.1 Å². The van der Waals surface area contributed by atoms with Crippen molar-refractivity contribution in [2.75, 3.05) is 5.01 Å². The first-order chi connectivity index (χ1) is 5.11. The fourth-order valence-corrected chi connectivity index (χ4v) is 0.766. The lowest BCUT2D eigenvalue weighted by Crippen LogP contribution is -2.38. The predicted octanol–water partition coefficient (Wildman–Crippen LogP) is 0.556. The van der Waals surface area contributed by atoms with Crippen LogP contribution < -0.4 is 10.9 Å². The van der Waals surface area contributed by atoms with Crippen LogP contribution in [0.4, 0.5) is 5.95 Å².